The maximum atomic E-state index is 11.8. The summed E-state index contributed by atoms with van der Waals surface area (Å²) >= 11 is 0. The molecule has 0 atom stereocenters. The van der Waals surface area contributed by atoms with E-state index >= 15 is 0 Å². The van der Waals surface area contributed by atoms with Crippen LogP contribution in [0, 0.1) is 6.92 Å². The average molecular weight is 281 g/mol. The van der Waals surface area contributed by atoms with E-state index in [1.807, 2.05) is 6.92 Å². The third-order valence-corrected chi connectivity index (χ3v) is 3.61. The molecule has 112 valence electrons. The Balaban J connectivity index is 1.88. The topological polar surface area (TPSA) is 66.2 Å². The molecule has 2 rings (SSSR count). The SMILES string of the molecule is CCOC(=O)c1nnc(C)n1CCOC1CCCCC1. The summed E-state index contributed by atoms with van der Waals surface area (Å²) in [5, 5.41) is 7.82. The minimum atomic E-state index is -0.425. The molecule has 0 saturated heterocycles. The molecule has 0 spiro atoms. The van der Waals surface area contributed by atoms with Gasteiger partial charge in [-0.15, -0.1) is 10.2 Å². The van der Waals surface area contributed by atoms with Gasteiger partial charge in [-0.05, 0) is 26.7 Å². The van der Waals surface area contributed by atoms with Crippen LogP contribution < -0.4 is 0 Å². The van der Waals surface area contributed by atoms with E-state index in [-0.39, 0.29) is 5.82 Å². The van der Waals surface area contributed by atoms with Gasteiger partial charge in [0, 0.05) is 6.54 Å². The quantitative estimate of drug-likeness (QED) is 0.747. The molecule has 1 aliphatic rings. The number of ether oxygens (including phenoxy) is 2. The van der Waals surface area contributed by atoms with Crippen LogP contribution in [-0.2, 0) is 16.0 Å². The van der Waals surface area contributed by atoms with Gasteiger partial charge in [0.1, 0.15) is 5.82 Å². The lowest BCUT2D eigenvalue weighted by Gasteiger charge is -2.22. The van der Waals surface area contributed by atoms with E-state index < -0.39 is 5.97 Å². The predicted molar refractivity (Wildman–Crippen MR) is 73.5 cm³/mol. The fourth-order valence-electron chi connectivity index (χ4n) is 2.54. The average Bonchev–Trinajstić information content (AvgIpc) is 2.82. The lowest BCUT2D eigenvalue weighted by atomic mass is 9.98. The van der Waals surface area contributed by atoms with Gasteiger partial charge in [0.05, 0.1) is 19.3 Å². The van der Waals surface area contributed by atoms with E-state index in [0.29, 0.717) is 31.7 Å². The zero-order valence-electron chi connectivity index (χ0n) is 12.3. The van der Waals surface area contributed by atoms with Gasteiger partial charge in [-0.25, -0.2) is 4.79 Å². The van der Waals surface area contributed by atoms with Crippen molar-refractivity contribution in [2.24, 2.45) is 0 Å². The molecule has 1 aromatic heterocycles. The molecule has 0 aliphatic heterocycles. The van der Waals surface area contributed by atoms with Crippen molar-refractivity contribution in [2.75, 3.05) is 13.2 Å². The molecule has 0 N–H and O–H groups in total. The summed E-state index contributed by atoms with van der Waals surface area (Å²) in [6, 6.07) is 0. The predicted octanol–water partition coefficient (Wildman–Crippen LogP) is 2.11. The molecule has 0 radical (unpaired) electrons. The molecule has 1 aliphatic carbocycles. The highest BCUT2D eigenvalue weighted by atomic mass is 16.5. The van der Waals surface area contributed by atoms with E-state index in [2.05, 4.69) is 10.2 Å². The van der Waals surface area contributed by atoms with E-state index in [9.17, 15) is 4.79 Å². The Bertz CT molecular complexity index is 439. The van der Waals surface area contributed by atoms with Gasteiger partial charge in [0.15, 0.2) is 0 Å². The van der Waals surface area contributed by atoms with Crippen molar-refractivity contribution >= 4 is 5.97 Å². The van der Waals surface area contributed by atoms with Gasteiger partial charge in [0.25, 0.3) is 0 Å². The van der Waals surface area contributed by atoms with E-state index in [0.717, 1.165) is 12.8 Å². The van der Waals surface area contributed by atoms with Gasteiger partial charge < -0.3 is 14.0 Å². The molecule has 1 heterocycles. The van der Waals surface area contributed by atoms with Crippen molar-refractivity contribution in [3.05, 3.63) is 11.6 Å². The Hall–Kier alpha value is -1.43. The number of hydrogen-bond acceptors (Lipinski definition) is 5. The Morgan fingerprint density at radius 3 is 2.75 bits per heavy atom. The number of aryl methyl sites for hydroxylation is 1. The molecule has 6 nitrogen and oxygen atoms in total. The Morgan fingerprint density at radius 2 is 2.05 bits per heavy atom. The van der Waals surface area contributed by atoms with Crippen LogP contribution in [0.2, 0.25) is 0 Å². The van der Waals surface area contributed by atoms with Crippen molar-refractivity contribution in [3.8, 4) is 0 Å². The highest BCUT2D eigenvalue weighted by molar-refractivity contribution is 5.85. The molecule has 6 heteroatoms. The largest absolute Gasteiger partial charge is 0.460 e. The number of hydrogen-bond donors (Lipinski definition) is 0. The first-order valence-electron chi connectivity index (χ1n) is 7.41. The lowest BCUT2D eigenvalue weighted by Crippen LogP contribution is -2.21. The molecule has 1 saturated carbocycles. The van der Waals surface area contributed by atoms with Gasteiger partial charge >= 0.3 is 5.97 Å². The van der Waals surface area contributed by atoms with Crippen molar-refractivity contribution in [2.45, 2.75) is 58.6 Å². The van der Waals surface area contributed by atoms with Gasteiger partial charge in [-0.2, -0.15) is 0 Å². The molecule has 1 aromatic rings. The molecule has 0 bridgehead atoms. The molecular weight excluding hydrogens is 258 g/mol. The third-order valence-electron chi connectivity index (χ3n) is 3.61. The Kier molecular flexibility index (Phi) is 5.52. The van der Waals surface area contributed by atoms with Crippen LogP contribution in [0.4, 0.5) is 0 Å². The Morgan fingerprint density at radius 1 is 1.30 bits per heavy atom. The van der Waals surface area contributed by atoms with Crippen LogP contribution >= 0.6 is 0 Å². The van der Waals surface area contributed by atoms with Crippen molar-refractivity contribution in [1.29, 1.82) is 0 Å². The summed E-state index contributed by atoms with van der Waals surface area (Å²) in [6.45, 7) is 5.11. The van der Waals surface area contributed by atoms with Gasteiger partial charge in [-0.3, -0.25) is 0 Å². The molecular formula is C14H23N3O3. The summed E-state index contributed by atoms with van der Waals surface area (Å²) in [6.07, 6.45) is 6.48. The fraction of sp³-hybridized carbons (Fsp3) is 0.786. The highest BCUT2D eigenvalue weighted by Gasteiger charge is 2.18. The number of aromatic nitrogens is 3. The maximum absolute atomic E-state index is 11.8. The zero-order chi connectivity index (χ0) is 14.4. The first-order valence-corrected chi connectivity index (χ1v) is 7.41. The summed E-state index contributed by atoms with van der Waals surface area (Å²) in [5.74, 6) is 0.544. The second-order valence-corrected chi connectivity index (χ2v) is 5.07. The van der Waals surface area contributed by atoms with Crippen LogP contribution in [-0.4, -0.2) is 40.1 Å². The second-order valence-electron chi connectivity index (χ2n) is 5.07. The summed E-state index contributed by atoms with van der Waals surface area (Å²) < 4.78 is 12.6. The van der Waals surface area contributed by atoms with Crippen molar-refractivity contribution < 1.29 is 14.3 Å². The second kappa shape index (κ2) is 7.38. The van der Waals surface area contributed by atoms with E-state index in [1.54, 1.807) is 11.5 Å². The van der Waals surface area contributed by atoms with Crippen LogP contribution in [0.3, 0.4) is 0 Å². The van der Waals surface area contributed by atoms with Crippen LogP contribution in [0.25, 0.3) is 0 Å². The standard InChI is InChI=1S/C14H23N3O3/c1-3-19-14(18)13-16-15-11(2)17(13)9-10-20-12-7-5-4-6-8-12/h12H,3-10H2,1-2H3. The van der Waals surface area contributed by atoms with Crippen molar-refractivity contribution in [3.63, 3.8) is 0 Å². The number of rotatable bonds is 6. The summed E-state index contributed by atoms with van der Waals surface area (Å²) in [7, 11) is 0. The maximum Gasteiger partial charge on any atom is 0.376 e. The first-order chi connectivity index (χ1) is 9.72. The van der Waals surface area contributed by atoms with E-state index in [1.165, 1.54) is 19.3 Å². The van der Waals surface area contributed by atoms with Gasteiger partial charge in [0.2, 0.25) is 5.82 Å². The number of esters is 1. The number of carbonyl (C=O) groups excluding carboxylic acids is 1. The van der Waals surface area contributed by atoms with Crippen LogP contribution in [0.1, 0.15) is 55.5 Å². The minimum absolute atomic E-state index is 0.261. The van der Waals surface area contributed by atoms with Crippen molar-refractivity contribution in [1.82, 2.24) is 14.8 Å². The molecule has 1 fully saturated rings. The highest BCUT2D eigenvalue weighted by Crippen LogP contribution is 2.20. The molecule has 0 aromatic carbocycles. The van der Waals surface area contributed by atoms with E-state index in [4.69, 9.17) is 9.47 Å². The minimum Gasteiger partial charge on any atom is -0.460 e. The first kappa shape index (κ1) is 15.0. The number of nitrogens with zero attached hydrogens (tertiary/aromatic N) is 3. The lowest BCUT2D eigenvalue weighted by molar-refractivity contribution is 0.0229. The zero-order valence-corrected chi connectivity index (χ0v) is 12.3. The smallest absolute Gasteiger partial charge is 0.376 e. The van der Waals surface area contributed by atoms with Gasteiger partial charge in [-0.1, -0.05) is 19.3 Å². The molecule has 20 heavy (non-hydrogen) atoms. The molecule has 0 unspecified atom stereocenters. The summed E-state index contributed by atoms with van der Waals surface area (Å²) in [4.78, 5) is 11.8. The normalized spacial score (nSPS) is 16.3. The third kappa shape index (κ3) is 3.79. The monoisotopic (exact) mass is 281 g/mol. The number of carbonyl (C=O) groups is 1. The van der Waals surface area contributed by atoms with Crippen LogP contribution in [0.15, 0.2) is 0 Å². The van der Waals surface area contributed by atoms with Crippen LogP contribution in [0.5, 0.6) is 0 Å². The Labute approximate surface area is 119 Å². The summed E-state index contributed by atoms with van der Waals surface area (Å²) in [5.41, 5.74) is 0. The fourth-order valence-corrected chi connectivity index (χ4v) is 2.54. The molecule has 0 amide bonds.